The number of ketones is 1. The largest absolute Gasteiger partial charge is 0.508 e. The van der Waals surface area contributed by atoms with Crippen LogP contribution >= 0.6 is 11.6 Å². The molecule has 5 rings (SSSR count). The van der Waals surface area contributed by atoms with Crippen LogP contribution in [0.15, 0.2) is 88.5 Å². The first kappa shape index (κ1) is 20.8. The molecule has 0 saturated carbocycles. The highest BCUT2D eigenvalue weighted by molar-refractivity contribution is 6.31. The Labute approximate surface area is 193 Å². The predicted octanol–water partition coefficient (Wildman–Crippen LogP) is 5.88. The highest BCUT2D eigenvalue weighted by atomic mass is 35.5. The van der Waals surface area contributed by atoms with Gasteiger partial charge in [-0.25, -0.2) is 0 Å². The van der Waals surface area contributed by atoms with Crippen LogP contribution in [0, 0.1) is 6.92 Å². The van der Waals surface area contributed by atoms with E-state index in [0.29, 0.717) is 27.2 Å². The average molecular weight is 460 g/mol. The molecule has 1 amide bonds. The number of rotatable bonds is 4. The number of nitrogens with zero attached hydrogens (tertiary/aromatic N) is 1. The number of benzene rings is 3. The van der Waals surface area contributed by atoms with Crippen LogP contribution in [-0.2, 0) is 4.79 Å². The van der Waals surface area contributed by atoms with Gasteiger partial charge < -0.3 is 14.6 Å². The third-order valence-corrected chi connectivity index (χ3v) is 5.97. The van der Waals surface area contributed by atoms with E-state index in [1.807, 2.05) is 19.1 Å². The number of amides is 1. The number of carbonyl (C=O) groups excluding carboxylic acids is 2. The standard InChI is InChI=1S/C26H18ClNO5/c1-14-4-2-3-5-19(14)28-23(15-6-9-18(29)10-7-15)22(25(31)26(28)32)24(30)21-13-16-12-17(27)8-11-20(16)33-21/h2-13,23,29,31H,1H3. The Kier molecular flexibility index (Phi) is 4.95. The van der Waals surface area contributed by atoms with E-state index >= 15 is 0 Å². The summed E-state index contributed by atoms with van der Waals surface area (Å²) in [7, 11) is 0. The Bertz CT molecular complexity index is 1450. The quantitative estimate of drug-likeness (QED) is 0.372. The molecular formula is C26H18ClNO5. The van der Waals surface area contributed by atoms with Gasteiger partial charge in [0.15, 0.2) is 11.5 Å². The molecule has 0 spiro atoms. The second kappa shape index (κ2) is 7.83. The monoisotopic (exact) mass is 459 g/mol. The zero-order valence-electron chi connectivity index (χ0n) is 17.4. The fourth-order valence-corrected chi connectivity index (χ4v) is 4.33. The molecule has 0 radical (unpaired) electrons. The average Bonchev–Trinajstić information content (AvgIpc) is 3.33. The molecule has 1 aliphatic rings. The summed E-state index contributed by atoms with van der Waals surface area (Å²) >= 11 is 6.05. The molecule has 6 nitrogen and oxygen atoms in total. The van der Waals surface area contributed by atoms with Crippen LogP contribution in [0.4, 0.5) is 5.69 Å². The topological polar surface area (TPSA) is 91.0 Å². The highest BCUT2D eigenvalue weighted by Gasteiger charge is 2.45. The number of aryl methyl sites for hydroxylation is 1. The van der Waals surface area contributed by atoms with Crippen molar-refractivity contribution in [3.05, 3.63) is 106 Å². The Balaban J connectivity index is 1.67. The lowest BCUT2D eigenvalue weighted by atomic mass is 9.94. The number of aliphatic hydroxyl groups is 1. The number of aliphatic hydroxyl groups excluding tert-OH is 1. The van der Waals surface area contributed by atoms with Gasteiger partial charge in [0, 0.05) is 16.1 Å². The number of para-hydroxylation sites is 1. The molecular weight excluding hydrogens is 442 g/mol. The summed E-state index contributed by atoms with van der Waals surface area (Å²) in [6.45, 7) is 1.84. The maximum Gasteiger partial charge on any atom is 0.294 e. The zero-order chi connectivity index (χ0) is 23.3. The van der Waals surface area contributed by atoms with Gasteiger partial charge in [0.05, 0.1) is 11.6 Å². The van der Waals surface area contributed by atoms with Crippen molar-refractivity contribution in [1.82, 2.24) is 0 Å². The van der Waals surface area contributed by atoms with Crippen LogP contribution in [0.2, 0.25) is 5.02 Å². The van der Waals surface area contributed by atoms with Crippen LogP contribution in [0.3, 0.4) is 0 Å². The minimum atomic E-state index is -0.913. The van der Waals surface area contributed by atoms with Crippen molar-refractivity contribution >= 4 is 39.9 Å². The number of hydrogen-bond acceptors (Lipinski definition) is 5. The number of hydrogen-bond donors (Lipinski definition) is 2. The first-order chi connectivity index (χ1) is 15.8. The van der Waals surface area contributed by atoms with Gasteiger partial charge in [-0.05, 0) is 60.5 Å². The number of phenols is 1. The van der Waals surface area contributed by atoms with E-state index in [-0.39, 0.29) is 17.1 Å². The highest BCUT2D eigenvalue weighted by Crippen LogP contribution is 2.43. The molecule has 1 atom stereocenters. The molecule has 2 heterocycles. The number of fused-ring (bicyclic) bond motifs is 1. The number of furan rings is 1. The molecule has 164 valence electrons. The van der Waals surface area contributed by atoms with E-state index in [0.717, 1.165) is 5.56 Å². The number of anilines is 1. The van der Waals surface area contributed by atoms with Crippen molar-refractivity contribution in [2.24, 2.45) is 0 Å². The molecule has 4 aromatic rings. The first-order valence-electron chi connectivity index (χ1n) is 10.2. The van der Waals surface area contributed by atoms with Gasteiger partial charge in [-0.1, -0.05) is 41.9 Å². The molecule has 0 fully saturated rings. The minimum absolute atomic E-state index is 0.0166. The molecule has 0 bridgehead atoms. The van der Waals surface area contributed by atoms with Crippen LogP contribution in [0.5, 0.6) is 5.75 Å². The number of halogens is 1. The first-order valence-corrected chi connectivity index (χ1v) is 10.6. The Morgan fingerprint density at radius 3 is 2.45 bits per heavy atom. The second-order valence-corrected chi connectivity index (χ2v) is 8.28. The molecule has 0 saturated heterocycles. The summed E-state index contributed by atoms with van der Waals surface area (Å²) in [5.41, 5.74) is 2.28. The molecule has 3 aromatic carbocycles. The van der Waals surface area contributed by atoms with Crippen LogP contribution in [0.1, 0.15) is 27.7 Å². The molecule has 1 unspecified atom stereocenters. The van der Waals surface area contributed by atoms with E-state index in [2.05, 4.69) is 0 Å². The normalized spacial score (nSPS) is 16.1. The van der Waals surface area contributed by atoms with Crippen LogP contribution in [0.25, 0.3) is 11.0 Å². The third kappa shape index (κ3) is 3.45. The van der Waals surface area contributed by atoms with Gasteiger partial charge >= 0.3 is 0 Å². The number of Topliss-reactive ketones (excluding diaryl/α,β-unsaturated/α-hetero) is 1. The maximum atomic E-state index is 13.6. The van der Waals surface area contributed by atoms with Crippen molar-refractivity contribution in [2.45, 2.75) is 13.0 Å². The van der Waals surface area contributed by atoms with Gasteiger partial charge in [-0.15, -0.1) is 0 Å². The van der Waals surface area contributed by atoms with Gasteiger partial charge in [0.25, 0.3) is 5.91 Å². The third-order valence-electron chi connectivity index (χ3n) is 5.74. The second-order valence-electron chi connectivity index (χ2n) is 7.84. The maximum absolute atomic E-state index is 13.6. The summed E-state index contributed by atoms with van der Waals surface area (Å²) in [4.78, 5) is 28.2. The SMILES string of the molecule is Cc1ccccc1N1C(=O)C(O)=C(C(=O)c2cc3cc(Cl)ccc3o2)C1c1ccc(O)cc1. The van der Waals surface area contributed by atoms with Gasteiger partial charge in [-0.3, -0.25) is 14.5 Å². The van der Waals surface area contributed by atoms with Crippen LogP contribution in [-0.4, -0.2) is 21.9 Å². The molecule has 7 heteroatoms. The molecule has 1 aliphatic heterocycles. The number of aromatic hydroxyl groups is 1. The lowest BCUT2D eigenvalue weighted by molar-refractivity contribution is -0.117. The van der Waals surface area contributed by atoms with Gasteiger partial charge in [-0.2, -0.15) is 0 Å². The van der Waals surface area contributed by atoms with Crippen LogP contribution < -0.4 is 4.90 Å². The van der Waals surface area contributed by atoms with Crippen molar-refractivity contribution < 1.29 is 24.2 Å². The lowest BCUT2D eigenvalue weighted by Crippen LogP contribution is -2.31. The van der Waals surface area contributed by atoms with E-state index in [1.54, 1.807) is 48.5 Å². The molecule has 1 aromatic heterocycles. The fourth-order valence-electron chi connectivity index (χ4n) is 4.15. The molecule has 2 N–H and O–H groups in total. The minimum Gasteiger partial charge on any atom is -0.508 e. The van der Waals surface area contributed by atoms with E-state index < -0.39 is 23.5 Å². The van der Waals surface area contributed by atoms with Gasteiger partial charge in [0.1, 0.15) is 11.3 Å². The smallest absolute Gasteiger partial charge is 0.294 e. The number of phenolic OH excluding ortho intramolecular Hbond substituents is 1. The summed E-state index contributed by atoms with van der Waals surface area (Å²) in [6.07, 6.45) is 0. The fraction of sp³-hybridized carbons (Fsp3) is 0.0769. The number of carbonyl (C=O) groups is 2. The van der Waals surface area contributed by atoms with E-state index in [4.69, 9.17) is 16.0 Å². The summed E-state index contributed by atoms with van der Waals surface area (Å²) in [6, 6.07) is 19.0. The Morgan fingerprint density at radius 2 is 1.73 bits per heavy atom. The molecule has 33 heavy (non-hydrogen) atoms. The summed E-state index contributed by atoms with van der Waals surface area (Å²) in [5, 5.41) is 21.7. The Hall–Kier alpha value is -4.03. The van der Waals surface area contributed by atoms with E-state index in [1.165, 1.54) is 17.0 Å². The Morgan fingerprint density at radius 1 is 1.00 bits per heavy atom. The molecule has 0 aliphatic carbocycles. The zero-order valence-corrected chi connectivity index (χ0v) is 18.2. The van der Waals surface area contributed by atoms with Gasteiger partial charge in [0.2, 0.25) is 5.78 Å². The van der Waals surface area contributed by atoms with E-state index in [9.17, 15) is 19.8 Å². The summed E-state index contributed by atoms with van der Waals surface area (Å²) in [5.74, 6) is -1.91. The van der Waals surface area contributed by atoms with Crippen molar-refractivity contribution in [3.63, 3.8) is 0 Å². The van der Waals surface area contributed by atoms with Crippen molar-refractivity contribution in [1.29, 1.82) is 0 Å². The van der Waals surface area contributed by atoms with Crippen molar-refractivity contribution in [3.8, 4) is 5.75 Å². The predicted molar refractivity (Wildman–Crippen MR) is 125 cm³/mol. The lowest BCUT2D eigenvalue weighted by Gasteiger charge is -2.28. The van der Waals surface area contributed by atoms with Crippen molar-refractivity contribution in [2.75, 3.05) is 4.90 Å². The summed E-state index contributed by atoms with van der Waals surface area (Å²) < 4.78 is 5.73.